The van der Waals surface area contributed by atoms with Crippen molar-refractivity contribution in [3.63, 3.8) is 0 Å². The second-order valence-corrected chi connectivity index (χ2v) is 4.63. The van der Waals surface area contributed by atoms with E-state index in [4.69, 9.17) is 0 Å². The van der Waals surface area contributed by atoms with Crippen LogP contribution >= 0.6 is 0 Å². The number of aromatic nitrogens is 1. The van der Waals surface area contributed by atoms with Gasteiger partial charge in [-0.2, -0.15) is 0 Å². The number of rotatable bonds is 2. The number of nitrogens with zero attached hydrogens (tertiary/aromatic N) is 2. The number of hydrogen-bond acceptors (Lipinski definition) is 3. The topological polar surface area (TPSA) is 28.2 Å². The van der Waals surface area contributed by atoms with Gasteiger partial charge in [-0.05, 0) is 26.7 Å². The second kappa shape index (κ2) is 4.96. The predicted molar refractivity (Wildman–Crippen MR) is 62.4 cm³/mol. The maximum absolute atomic E-state index is 13.5. The smallest absolute Gasteiger partial charge is 0.177 e. The number of hydrogen-bond donors (Lipinski definition) is 1. The highest BCUT2D eigenvalue weighted by atomic mass is 19.1. The molecule has 0 aliphatic carbocycles. The van der Waals surface area contributed by atoms with Crippen LogP contribution in [0.5, 0.6) is 0 Å². The van der Waals surface area contributed by atoms with Crippen molar-refractivity contribution >= 4 is 5.82 Å². The third-order valence-electron chi connectivity index (χ3n) is 3.24. The van der Waals surface area contributed by atoms with Gasteiger partial charge in [0, 0.05) is 18.2 Å². The van der Waals surface area contributed by atoms with E-state index in [2.05, 4.69) is 24.3 Å². The van der Waals surface area contributed by atoms with Gasteiger partial charge in [-0.15, -0.1) is 0 Å². The molecule has 5 heteroatoms. The SMILES string of the molecule is CC1CCCC(C)N1Nc1ncc(F)cc1F. The van der Waals surface area contributed by atoms with E-state index in [-0.39, 0.29) is 5.82 Å². The lowest BCUT2D eigenvalue weighted by molar-refractivity contribution is 0.134. The molecule has 0 amide bonds. The molecule has 1 aliphatic heterocycles. The molecule has 2 rings (SSSR count). The van der Waals surface area contributed by atoms with Gasteiger partial charge >= 0.3 is 0 Å². The van der Waals surface area contributed by atoms with Crippen LogP contribution in [0.15, 0.2) is 12.3 Å². The fourth-order valence-electron chi connectivity index (χ4n) is 2.26. The first-order valence-corrected chi connectivity index (χ1v) is 5.94. The van der Waals surface area contributed by atoms with Crippen molar-refractivity contribution in [1.82, 2.24) is 9.99 Å². The number of nitrogens with one attached hydrogen (secondary N) is 1. The van der Waals surface area contributed by atoms with Gasteiger partial charge in [-0.3, -0.25) is 0 Å². The third-order valence-corrected chi connectivity index (χ3v) is 3.24. The zero-order chi connectivity index (χ0) is 12.4. The summed E-state index contributed by atoms with van der Waals surface area (Å²) in [6.45, 7) is 4.17. The molecular formula is C12H17F2N3. The fraction of sp³-hybridized carbons (Fsp3) is 0.583. The summed E-state index contributed by atoms with van der Waals surface area (Å²) in [5.41, 5.74) is 2.96. The summed E-state index contributed by atoms with van der Waals surface area (Å²) in [4.78, 5) is 3.74. The summed E-state index contributed by atoms with van der Waals surface area (Å²) < 4.78 is 26.2. The Morgan fingerprint density at radius 2 is 1.94 bits per heavy atom. The highest BCUT2D eigenvalue weighted by Gasteiger charge is 2.25. The monoisotopic (exact) mass is 241 g/mol. The Labute approximate surface area is 99.8 Å². The minimum absolute atomic E-state index is 0.0898. The van der Waals surface area contributed by atoms with Crippen LogP contribution < -0.4 is 5.43 Å². The summed E-state index contributed by atoms with van der Waals surface area (Å²) in [6, 6.07) is 1.49. The molecule has 2 unspecified atom stereocenters. The van der Waals surface area contributed by atoms with Gasteiger partial charge in [0.05, 0.1) is 6.20 Å². The van der Waals surface area contributed by atoms with Crippen LogP contribution in [0.25, 0.3) is 0 Å². The summed E-state index contributed by atoms with van der Waals surface area (Å²) in [5.74, 6) is -1.23. The van der Waals surface area contributed by atoms with Crippen molar-refractivity contribution in [3.05, 3.63) is 23.9 Å². The predicted octanol–water partition coefficient (Wildman–Crippen LogP) is 2.95. The molecule has 17 heavy (non-hydrogen) atoms. The lowest BCUT2D eigenvalue weighted by Gasteiger charge is -2.39. The van der Waals surface area contributed by atoms with Gasteiger partial charge in [0.1, 0.15) is 5.82 Å². The zero-order valence-electron chi connectivity index (χ0n) is 10.1. The minimum atomic E-state index is -0.659. The zero-order valence-corrected chi connectivity index (χ0v) is 10.1. The van der Waals surface area contributed by atoms with E-state index in [0.717, 1.165) is 25.1 Å². The average Bonchev–Trinajstić information content (AvgIpc) is 2.26. The minimum Gasteiger partial charge on any atom is -0.300 e. The van der Waals surface area contributed by atoms with Crippen molar-refractivity contribution in [1.29, 1.82) is 0 Å². The molecule has 1 fully saturated rings. The molecular weight excluding hydrogens is 224 g/mol. The molecule has 1 aromatic rings. The van der Waals surface area contributed by atoms with E-state index in [0.29, 0.717) is 12.1 Å². The Hall–Kier alpha value is -1.23. The molecule has 2 heterocycles. The van der Waals surface area contributed by atoms with Crippen molar-refractivity contribution < 1.29 is 8.78 Å². The van der Waals surface area contributed by atoms with Crippen LogP contribution in [0.4, 0.5) is 14.6 Å². The normalized spacial score (nSPS) is 25.9. The Morgan fingerprint density at radius 3 is 2.53 bits per heavy atom. The first kappa shape index (κ1) is 12.2. The molecule has 1 N–H and O–H groups in total. The van der Waals surface area contributed by atoms with Crippen molar-refractivity contribution in [3.8, 4) is 0 Å². The van der Waals surface area contributed by atoms with E-state index >= 15 is 0 Å². The molecule has 3 nitrogen and oxygen atoms in total. The van der Waals surface area contributed by atoms with E-state index in [1.165, 1.54) is 6.42 Å². The molecule has 2 atom stereocenters. The lowest BCUT2D eigenvalue weighted by Crippen LogP contribution is -2.47. The maximum Gasteiger partial charge on any atom is 0.177 e. The van der Waals surface area contributed by atoms with Crippen LogP contribution in [0, 0.1) is 11.6 Å². The Kier molecular flexibility index (Phi) is 3.57. The van der Waals surface area contributed by atoms with Gasteiger partial charge in [0.25, 0.3) is 0 Å². The van der Waals surface area contributed by atoms with Gasteiger partial charge in [-0.25, -0.2) is 18.8 Å². The average molecular weight is 241 g/mol. The number of piperidine rings is 1. The van der Waals surface area contributed by atoms with Gasteiger partial charge in [0.2, 0.25) is 0 Å². The molecule has 1 aromatic heterocycles. The van der Waals surface area contributed by atoms with Crippen molar-refractivity contribution in [2.75, 3.05) is 5.43 Å². The van der Waals surface area contributed by atoms with Crippen molar-refractivity contribution in [2.24, 2.45) is 0 Å². The number of anilines is 1. The van der Waals surface area contributed by atoms with Crippen LogP contribution in [-0.2, 0) is 0 Å². The molecule has 0 radical (unpaired) electrons. The quantitative estimate of drug-likeness (QED) is 0.862. The molecule has 94 valence electrons. The van der Waals surface area contributed by atoms with Crippen LogP contribution in [0.2, 0.25) is 0 Å². The highest BCUT2D eigenvalue weighted by molar-refractivity contribution is 5.35. The molecule has 0 bridgehead atoms. The Balaban J connectivity index is 2.13. The van der Waals surface area contributed by atoms with Gasteiger partial charge < -0.3 is 5.43 Å². The number of pyridine rings is 1. The lowest BCUT2D eigenvalue weighted by atomic mass is 10.00. The molecule has 1 saturated heterocycles. The standard InChI is InChI=1S/C12H17F2N3/c1-8-4-3-5-9(2)17(8)16-12-11(14)6-10(13)7-15-12/h6-9H,3-5H2,1-2H3,(H,15,16). The molecule has 1 aliphatic rings. The first-order valence-electron chi connectivity index (χ1n) is 5.94. The molecule has 0 spiro atoms. The summed E-state index contributed by atoms with van der Waals surface area (Å²) in [6.07, 6.45) is 4.34. The molecule has 0 aromatic carbocycles. The van der Waals surface area contributed by atoms with Gasteiger partial charge in [-0.1, -0.05) is 6.42 Å². The molecule has 0 saturated carbocycles. The van der Waals surface area contributed by atoms with E-state index < -0.39 is 11.6 Å². The van der Waals surface area contributed by atoms with Crippen LogP contribution in [0.1, 0.15) is 33.1 Å². The summed E-state index contributed by atoms with van der Waals surface area (Å²) in [7, 11) is 0. The first-order chi connectivity index (χ1) is 8.08. The summed E-state index contributed by atoms with van der Waals surface area (Å²) >= 11 is 0. The second-order valence-electron chi connectivity index (χ2n) is 4.63. The summed E-state index contributed by atoms with van der Waals surface area (Å²) in [5, 5.41) is 1.99. The number of halogens is 2. The highest BCUT2D eigenvalue weighted by Crippen LogP contribution is 2.23. The third kappa shape index (κ3) is 2.72. The van der Waals surface area contributed by atoms with Crippen LogP contribution in [-0.4, -0.2) is 22.1 Å². The van der Waals surface area contributed by atoms with E-state index in [9.17, 15) is 8.78 Å². The van der Waals surface area contributed by atoms with E-state index in [1.54, 1.807) is 0 Å². The van der Waals surface area contributed by atoms with Crippen LogP contribution in [0.3, 0.4) is 0 Å². The Morgan fingerprint density at radius 1 is 1.29 bits per heavy atom. The Bertz CT molecular complexity index is 387. The van der Waals surface area contributed by atoms with Crippen molar-refractivity contribution in [2.45, 2.75) is 45.2 Å². The number of hydrazine groups is 1. The maximum atomic E-state index is 13.5. The van der Waals surface area contributed by atoms with Gasteiger partial charge in [0.15, 0.2) is 11.6 Å². The van der Waals surface area contributed by atoms with E-state index in [1.807, 2.05) is 5.01 Å². The largest absolute Gasteiger partial charge is 0.300 e. The fourth-order valence-corrected chi connectivity index (χ4v) is 2.26.